The second-order valence-electron chi connectivity index (χ2n) is 2.99. The van der Waals surface area contributed by atoms with Crippen LogP contribution in [0.4, 0.5) is 0 Å². The van der Waals surface area contributed by atoms with Crippen molar-refractivity contribution < 1.29 is 9.53 Å². The van der Waals surface area contributed by atoms with Crippen LogP contribution in [0.15, 0.2) is 42.6 Å². The van der Waals surface area contributed by atoms with E-state index in [9.17, 15) is 4.79 Å². The van der Waals surface area contributed by atoms with Gasteiger partial charge in [-0.1, -0.05) is 17.7 Å². The average Bonchev–Trinajstić information content (AvgIpc) is 2.30. The molecule has 1 aromatic carbocycles. The van der Waals surface area contributed by atoms with Crippen molar-refractivity contribution in [1.82, 2.24) is 4.98 Å². The van der Waals surface area contributed by atoms with Gasteiger partial charge < -0.3 is 4.74 Å². The molecule has 0 N–H and O–H groups in total. The molecule has 16 heavy (non-hydrogen) atoms. The Morgan fingerprint density at radius 2 is 2.31 bits per heavy atom. The molecule has 4 heteroatoms. The van der Waals surface area contributed by atoms with Crippen molar-refractivity contribution in [2.75, 3.05) is 0 Å². The van der Waals surface area contributed by atoms with Gasteiger partial charge in [0, 0.05) is 17.3 Å². The van der Waals surface area contributed by atoms with Gasteiger partial charge in [0.2, 0.25) is 5.88 Å². The minimum absolute atomic E-state index is 0.215. The van der Waals surface area contributed by atoms with E-state index in [2.05, 4.69) is 11.1 Å². The van der Waals surface area contributed by atoms with Crippen molar-refractivity contribution in [2.45, 2.75) is 0 Å². The number of hydrogen-bond donors (Lipinski definition) is 0. The van der Waals surface area contributed by atoms with Gasteiger partial charge in [-0.05, 0) is 30.3 Å². The van der Waals surface area contributed by atoms with Gasteiger partial charge in [-0.15, -0.1) is 0 Å². The lowest BCUT2D eigenvalue weighted by atomic mass is 10.2. The number of carbonyl (C=O) groups is 1. The first kappa shape index (κ1) is 10.6. The first-order valence-corrected chi connectivity index (χ1v) is 4.93. The minimum atomic E-state index is -0.491. The zero-order valence-electron chi connectivity index (χ0n) is 8.18. The third-order valence-corrected chi connectivity index (χ3v) is 2.07. The molecule has 2 rings (SSSR count). The largest absolute Gasteiger partial charge is 0.404 e. The summed E-state index contributed by atoms with van der Waals surface area (Å²) >= 11 is 5.76. The van der Waals surface area contributed by atoms with E-state index >= 15 is 0 Å². The van der Waals surface area contributed by atoms with Gasteiger partial charge in [-0.25, -0.2) is 9.78 Å². The zero-order chi connectivity index (χ0) is 11.4. The number of ether oxygens (including phenoxy) is 1. The average molecular weight is 233 g/mol. The summed E-state index contributed by atoms with van der Waals surface area (Å²) in [7, 11) is 0. The standard InChI is InChI=1S/C12H7ClNO2/c13-10-5-3-4-9(8-10)12(15)16-11-6-1-2-7-14-11/h2-8H. The SMILES string of the molecule is O=C(Oc1c[c]ccn1)c1cccc(Cl)c1. The second kappa shape index (κ2) is 4.77. The first-order chi connectivity index (χ1) is 7.75. The van der Waals surface area contributed by atoms with E-state index in [1.807, 2.05) is 0 Å². The number of carbonyl (C=O) groups excluding carboxylic acids is 1. The molecule has 3 nitrogen and oxygen atoms in total. The molecular weight excluding hydrogens is 226 g/mol. The van der Waals surface area contributed by atoms with Gasteiger partial charge in [0.1, 0.15) is 0 Å². The Balaban J connectivity index is 2.15. The van der Waals surface area contributed by atoms with Crippen LogP contribution in [0.25, 0.3) is 0 Å². The smallest absolute Gasteiger partial charge is 0.344 e. The predicted octanol–water partition coefficient (Wildman–Crippen LogP) is 2.75. The van der Waals surface area contributed by atoms with Gasteiger partial charge in [-0.2, -0.15) is 0 Å². The Labute approximate surface area is 97.7 Å². The number of pyridine rings is 1. The monoisotopic (exact) mass is 232 g/mol. The Bertz CT molecular complexity index is 499. The number of hydrogen-bond acceptors (Lipinski definition) is 3. The Hall–Kier alpha value is -1.87. The maximum Gasteiger partial charge on any atom is 0.344 e. The summed E-state index contributed by atoms with van der Waals surface area (Å²) in [6, 6.07) is 12.4. The molecule has 0 atom stereocenters. The molecule has 1 radical (unpaired) electrons. The molecule has 0 bridgehead atoms. The topological polar surface area (TPSA) is 39.2 Å². The van der Waals surface area contributed by atoms with Gasteiger partial charge in [0.05, 0.1) is 5.56 Å². The molecule has 0 unspecified atom stereocenters. The van der Waals surface area contributed by atoms with Crippen molar-refractivity contribution in [3.8, 4) is 5.88 Å². The quantitative estimate of drug-likeness (QED) is 0.748. The number of aromatic nitrogens is 1. The lowest BCUT2D eigenvalue weighted by molar-refractivity contribution is 0.0727. The second-order valence-corrected chi connectivity index (χ2v) is 3.43. The van der Waals surface area contributed by atoms with Crippen LogP contribution < -0.4 is 4.74 Å². The van der Waals surface area contributed by atoms with Crippen molar-refractivity contribution >= 4 is 17.6 Å². The van der Waals surface area contributed by atoms with Crippen molar-refractivity contribution in [1.29, 1.82) is 0 Å². The Morgan fingerprint density at radius 3 is 3.00 bits per heavy atom. The number of nitrogens with zero attached hydrogens (tertiary/aromatic N) is 1. The van der Waals surface area contributed by atoms with Gasteiger partial charge >= 0.3 is 5.97 Å². The summed E-state index contributed by atoms with van der Waals surface area (Å²) in [5.74, 6) is -0.276. The molecule has 0 amide bonds. The molecule has 1 heterocycles. The fraction of sp³-hybridized carbons (Fsp3) is 0. The van der Waals surface area contributed by atoms with Crippen LogP contribution in [0.1, 0.15) is 10.4 Å². The van der Waals surface area contributed by atoms with E-state index < -0.39 is 5.97 Å². The van der Waals surface area contributed by atoms with Crippen molar-refractivity contribution in [2.24, 2.45) is 0 Å². The fourth-order valence-electron chi connectivity index (χ4n) is 1.14. The summed E-state index contributed by atoms with van der Waals surface area (Å²) in [5.41, 5.74) is 0.387. The number of esters is 1. The summed E-state index contributed by atoms with van der Waals surface area (Å²) in [6.07, 6.45) is 1.50. The fourth-order valence-corrected chi connectivity index (χ4v) is 1.33. The Morgan fingerprint density at radius 1 is 1.44 bits per heavy atom. The van der Waals surface area contributed by atoms with Crippen molar-refractivity contribution in [3.05, 3.63) is 59.2 Å². The predicted molar refractivity (Wildman–Crippen MR) is 59.5 cm³/mol. The van der Waals surface area contributed by atoms with Crippen LogP contribution in [-0.2, 0) is 0 Å². The highest BCUT2D eigenvalue weighted by molar-refractivity contribution is 6.30. The molecule has 0 aliphatic carbocycles. The van der Waals surface area contributed by atoms with E-state index in [1.165, 1.54) is 18.3 Å². The number of benzene rings is 1. The molecule has 0 spiro atoms. The first-order valence-electron chi connectivity index (χ1n) is 4.55. The molecule has 2 aromatic rings. The molecular formula is C12H7ClNO2. The lowest BCUT2D eigenvalue weighted by Crippen LogP contribution is -2.09. The summed E-state index contributed by atoms with van der Waals surface area (Å²) in [4.78, 5) is 15.5. The van der Waals surface area contributed by atoms with Crippen molar-refractivity contribution in [3.63, 3.8) is 0 Å². The van der Waals surface area contributed by atoms with Crippen LogP contribution in [0.2, 0.25) is 5.02 Å². The third kappa shape index (κ3) is 2.58. The van der Waals surface area contributed by atoms with Crippen LogP contribution in [0.5, 0.6) is 5.88 Å². The van der Waals surface area contributed by atoms with E-state index in [0.29, 0.717) is 10.6 Å². The number of halogens is 1. The van der Waals surface area contributed by atoms with Gasteiger partial charge in [0.25, 0.3) is 0 Å². The zero-order valence-corrected chi connectivity index (χ0v) is 8.94. The van der Waals surface area contributed by atoms with E-state index in [1.54, 1.807) is 24.3 Å². The number of rotatable bonds is 2. The highest BCUT2D eigenvalue weighted by Crippen LogP contribution is 2.13. The van der Waals surface area contributed by atoms with Crippen LogP contribution in [-0.4, -0.2) is 11.0 Å². The van der Waals surface area contributed by atoms with Crippen LogP contribution in [0.3, 0.4) is 0 Å². The summed E-state index contributed by atoms with van der Waals surface area (Å²) in [6.45, 7) is 0. The molecule has 79 valence electrons. The van der Waals surface area contributed by atoms with E-state index in [-0.39, 0.29) is 5.88 Å². The van der Waals surface area contributed by atoms with Crippen LogP contribution >= 0.6 is 11.6 Å². The maximum absolute atomic E-state index is 11.6. The lowest BCUT2D eigenvalue weighted by Gasteiger charge is -2.02. The highest BCUT2D eigenvalue weighted by Gasteiger charge is 2.08. The van der Waals surface area contributed by atoms with Gasteiger partial charge in [-0.3, -0.25) is 0 Å². The summed E-state index contributed by atoms with van der Waals surface area (Å²) in [5, 5.41) is 0.488. The highest BCUT2D eigenvalue weighted by atomic mass is 35.5. The minimum Gasteiger partial charge on any atom is -0.404 e. The van der Waals surface area contributed by atoms with Crippen LogP contribution in [0, 0.1) is 6.07 Å². The molecule has 0 fully saturated rings. The molecule has 1 aromatic heterocycles. The summed E-state index contributed by atoms with van der Waals surface area (Å²) < 4.78 is 5.02. The molecule has 0 aliphatic rings. The van der Waals surface area contributed by atoms with E-state index in [4.69, 9.17) is 16.3 Å². The third-order valence-electron chi connectivity index (χ3n) is 1.84. The Kier molecular flexibility index (Phi) is 3.17. The normalized spacial score (nSPS) is 9.81. The van der Waals surface area contributed by atoms with Gasteiger partial charge in [0.15, 0.2) is 0 Å². The maximum atomic E-state index is 11.6. The molecule has 0 saturated heterocycles. The van der Waals surface area contributed by atoms with E-state index in [0.717, 1.165) is 0 Å². The molecule has 0 aliphatic heterocycles. The molecule has 0 saturated carbocycles.